The fourth-order valence-corrected chi connectivity index (χ4v) is 2.78. The lowest BCUT2D eigenvalue weighted by atomic mass is 10.1. The highest BCUT2D eigenvalue weighted by Crippen LogP contribution is 2.15. The number of fused-ring (bicyclic) bond motifs is 1. The van der Waals surface area contributed by atoms with E-state index >= 15 is 0 Å². The number of benzene rings is 1. The van der Waals surface area contributed by atoms with Crippen molar-refractivity contribution in [3.05, 3.63) is 42.1 Å². The second-order valence-electron chi connectivity index (χ2n) is 5.04. The quantitative estimate of drug-likeness (QED) is 0.468. The van der Waals surface area contributed by atoms with Gasteiger partial charge in [-0.05, 0) is 42.5 Å². The van der Waals surface area contributed by atoms with Crippen molar-refractivity contribution in [1.82, 2.24) is 15.6 Å². The average Bonchev–Trinajstić information content (AvgIpc) is 2.57. The Labute approximate surface area is 136 Å². The van der Waals surface area contributed by atoms with Crippen LogP contribution in [0, 0.1) is 0 Å². The van der Waals surface area contributed by atoms with Crippen LogP contribution in [0.2, 0.25) is 0 Å². The molecule has 0 aliphatic carbocycles. The van der Waals surface area contributed by atoms with Gasteiger partial charge in [0.25, 0.3) is 0 Å². The number of aromatic nitrogens is 1. The first kappa shape index (κ1) is 16.6. The number of unbranched alkanes of at least 4 members (excludes halogenated alkanes) is 1. The standard InChI is InChI=1S/C17H24N4S/c1-18-17(20-10-5-6-12-22-2)21-13-14-9-11-19-16-8-4-3-7-15(14)16/h3-4,7-9,11H,5-6,10,12-13H2,1-2H3,(H2,18,20,21). The van der Waals surface area contributed by atoms with E-state index in [2.05, 4.69) is 39.0 Å². The van der Waals surface area contributed by atoms with Crippen molar-refractivity contribution in [2.75, 3.05) is 25.6 Å². The molecule has 0 atom stereocenters. The minimum absolute atomic E-state index is 0.744. The topological polar surface area (TPSA) is 49.3 Å². The Morgan fingerprint density at radius 1 is 1.18 bits per heavy atom. The molecular formula is C17H24N4S. The molecule has 0 saturated heterocycles. The highest BCUT2D eigenvalue weighted by Gasteiger charge is 2.02. The highest BCUT2D eigenvalue weighted by atomic mass is 32.2. The summed E-state index contributed by atoms with van der Waals surface area (Å²) in [5, 5.41) is 7.92. The molecule has 1 aromatic heterocycles. The summed E-state index contributed by atoms with van der Waals surface area (Å²) < 4.78 is 0. The van der Waals surface area contributed by atoms with Gasteiger partial charge in [-0.2, -0.15) is 11.8 Å². The van der Waals surface area contributed by atoms with E-state index in [1.807, 2.05) is 43.2 Å². The molecule has 4 nitrogen and oxygen atoms in total. The maximum atomic E-state index is 4.39. The Hall–Kier alpha value is -1.75. The van der Waals surface area contributed by atoms with E-state index in [1.54, 1.807) is 0 Å². The summed E-state index contributed by atoms with van der Waals surface area (Å²) in [7, 11) is 1.81. The molecule has 2 aromatic rings. The predicted molar refractivity (Wildman–Crippen MR) is 97.6 cm³/mol. The number of aliphatic imine (C=N–C) groups is 1. The van der Waals surface area contributed by atoms with Gasteiger partial charge in [0.15, 0.2) is 5.96 Å². The Morgan fingerprint density at radius 3 is 2.86 bits per heavy atom. The fourth-order valence-electron chi connectivity index (χ4n) is 2.29. The van der Waals surface area contributed by atoms with E-state index in [1.165, 1.54) is 29.5 Å². The van der Waals surface area contributed by atoms with Crippen molar-refractivity contribution in [3.63, 3.8) is 0 Å². The summed E-state index contributed by atoms with van der Waals surface area (Å²) in [4.78, 5) is 8.67. The van der Waals surface area contributed by atoms with E-state index in [4.69, 9.17) is 0 Å². The number of hydrogen-bond acceptors (Lipinski definition) is 3. The second-order valence-corrected chi connectivity index (χ2v) is 6.03. The first-order chi connectivity index (χ1) is 10.8. The van der Waals surface area contributed by atoms with Crippen molar-refractivity contribution >= 4 is 28.6 Å². The minimum atomic E-state index is 0.744. The van der Waals surface area contributed by atoms with Gasteiger partial charge in [0, 0.05) is 31.7 Å². The Balaban J connectivity index is 1.87. The first-order valence-corrected chi connectivity index (χ1v) is 9.00. The zero-order chi connectivity index (χ0) is 15.6. The van der Waals surface area contributed by atoms with Crippen LogP contribution in [0.25, 0.3) is 10.9 Å². The van der Waals surface area contributed by atoms with Gasteiger partial charge in [0.2, 0.25) is 0 Å². The number of hydrogen-bond donors (Lipinski definition) is 2. The predicted octanol–water partition coefficient (Wildman–Crippen LogP) is 3.04. The fraction of sp³-hybridized carbons (Fsp3) is 0.412. The van der Waals surface area contributed by atoms with Gasteiger partial charge in [0.05, 0.1) is 5.52 Å². The van der Waals surface area contributed by atoms with E-state index in [0.29, 0.717) is 0 Å². The van der Waals surface area contributed by atoms with Crippen LogP contribution in [0.3, 0.4) is 0 Å². The van der Waals surface area contributed by atoms with E-state index in [-0.39, 0.29) is 0 Å². The molecule has 2 rings (SSSR count). The molecule has 0 unspecified atom stereocenters. The van der Waals surface area contributed by atoms with Gasteiger partial charge < -0.3 is 10.6 Å². The SMILES string of the molecule is CN=C(NCCCCSC)NCc1ccnc2ccccc12. The zero-order valence-corrected chi connectivity index (χ0v) is 14.1. The number of nitrogens with one attached hydrogen (secondary N) is 2. The summed E-state index contributed by atoms with van der Waals surface area (Å²) in [5.74, 6) is 2.07. The van der Waals surface area contributed by atoms with Crippen LogP contribution in [-0.4, -0.2) is 36.5 Å². The van der Waals surface area contributed by atoms with Crippen LogP contribution < -0.4 is 10.6 Å². The van der Waals surface area contributed by atoms with Crippen molar-refractivity contribution in [2.24, 2.45) is 4.99 Å². The average molecular weight is 316 g/mol. The summed E-state index contributed by atoms with van der Waals surface area (Å²) >= 11 is 1.90. The molecule has 5 heteroatoms. The monoisotopic (exact) mass is 316 g/mol. The molecule has 118 valence electrons. The van der Waals surface area contributed by atoms with Gasteiger partial charge in [-0.15, -0.1) is 0 Å². The molecule has 1 heterocycles. The van der Waals surface area contributed by atoms with Gasteiger partial charge >= 0.3 is 0 Å². The number of guanidine groups is 1. The minimum Gasteiger partial charge on any atom is -0.356 e. The van der Waals surface area contributed by atoms with Crippen LogP contribution in [-0.2, 0) is 6.54 Å². The molecule has 22 heavy (non-hydrogen) atoms. The Kier molecular flexibility index (Phi) is 7.03. The summed E-state index contributed by atoms with van der Waals surface area (Å²) in [6, 6.07) is 10.3. The normalized spacial score (nSPS) is 11.6. The summed E-state index contributed by atoms with van der Waals surface area (Å²) in [6.45, 7) is 1.70. The van der Waals surface area contributed by atoms with Crippen LogP contribution in [0.1, 0.15) is 18.4 Å². The van der Waals surface area contributed by atoms with Crippen molar-refractivity contribution in [1.29, 1.82) is 0 Å². The largest absolute Gasteiger partial charge is 0.356 e. The van der Waals surface area contributed by atoms with Gasteiger partial charge in [0.1, 0.15) is 0 Å². The van der Waals surface area contributed by atoms with E-state index in [9.17, 15) is 0 Å². The maximum Gasteiger partial charge on any atom is 0.191 e. The molecule has 0 spiro atoms. The number of pyridine rings is 1. The molecular weight excluding hydrogens is 292 g/mol. The molecule has 0 aliphatic heterocycles. The molecule has 0 bridgehead atoms. The van der Waals surface area contributed by atoms with Crippen LogP contribution in [0.15, 0.2) is 41.5 Å². The third-order valence-electron chi connectivity index (χ3n) is 3.48. The lowest BCUT2D eigenvalue weighted by Crippen LogP contribution is -2.37. The van der Waals surface area contributed by atoms with Gasteiger partial charge in [-0.3, -0.25) is 9.98 Å². The Bertz CT molecular complexity index is 607. The van der Waals surface area contributed by atoms with Gasteiger partial charge in [-0.25, -0.2) is 0 Å². The van der Waals surface area contributed by atoms with Gasteiger partial charge in [-0.1, -0.05) is 18.2 Å². The number of thioether (sulfide) groups is 1. The third-order valence-corrected chi connectivity index (χ3v) is 4.17. The lowest BCUT2D eigenvalue weighted by Gasteiger charge is -2.13. The number of nitrogens with zero attached hydrogens (tertiary/aromatic N) is 2. The molecule has 0 aliphatic rings. The molecule has 0 amide bonds. The molecule has 0 radical (unpaired) electrons. The summed E-state index contributed by atoms with van der Waals surface area (Å²) in [6.07, 6.45) is 6.41. The zero-order valence-electron chi connectivity index (χ0n) is 13.3. The molecule has 2 N–H and O–H groups in total. The maximum absolute atomic E-state index is 4.39. The van der Waals surface area contributed by atoms with Crippen LogP contribution in [0.4, 0.5) is 0 Å². The third kappa shape index (κ3) is 4.91. The first-order valence-electron chi connectivity index (χ1n) is 7.61. The lowest BCUT2D eigenvalue weighted by molar-refractivity contribution is 0.733. The molecule has 0 saturated carbocycles. The van der Waals surface area contributed by atoms with E-state index in [0.717, 1.165) is 24.6 Å². The Morgan fingerprint density at radius 2 is 2.05 bits per heavy atom. The second kappa shape index (κ2) is 9.30. The van der Waals surface area contributed by atoms with Crippen molar-refractivity contribution < 1.29 is 0 Å². The van der Waals surface area contributed by atoms with Crippen LogP contribution >= 0.6 is 11.8 Å². The number of rotatable bonds is 7. The summed E-state index contributed by atoms with van der Waals surface area (Å²) in [5.41, 5.74) is 2.26. The highest BCUT2D eigenvalue weighted by molar-refractivity contribution is 7.98. The number of para-hydroxylation sites is 1. The molecule has 1 aromatic carbocycles. The smallest absolute Gasteiger partial charge is 0.191 e. The van der Waals surface area contributed by atoms with Crippen molar-refractivity contribution in [3.8, 4) is 0 Å². The molecule has 0 fully saturated rings. The van der Waals surface area contributed by atoms with E-state index < -0.39 is 0 Å². The van der Waals surface area contributed by atoms with Crippen LogP contribution in [0.5, 0.6) is 0 Å². The van der Waals surface area contributed by atoms with Crippen molar-refractivity contribution in [2.45, 2.75) is 19.4 Å².